The molecule has 0 spiro atoms. The van der Waals surface area contributed by atoms with Crippen LogP contribution in [0.25, 0.3) is 0 Å². The third kappa shape index (κ3) is 8.40. The second-order valence-electron chi connectivity index (χ2n) is 8.20. The van der Waals surface area contributed by atoms with E-state index in [1.807, 2.05) is 6.92 Å². The highest BCUT2D eigenvalue weighted by Crippen LogP contribution is 2.26. The molecular formula is C22H32F3N3O3. The van der Waals surface area contributed by atoms with Crippen molar-refractivity contribution in [3.05, 3.63) is 24.3 Å². The van der Waals surface area contributed by atoms with Crippen LogP contribution in [0.15, 0.2) is 24.3 Å². The standard InChI is InChI=1S/C22H32F3N3O3/c1-3-15(12-13-28(2)21(30)18-6-4-5-7-19(18)26)14-20(29)27-16-8-10-17(11-9-16)31-22(23,24)25/h8-11,15,18-19H,3-7,12-14,26H2,1-2H3,(H,27,29)/t15?,18-,19-/m0/s1. The average Bonchev–Trinajstić information content (AvgIpc) is 2.71. The number of nitrogens with one attached hydrogen (secondary N) is 1. The van der Waals surface area contributed by atoms with Crippen LogP contribution in [0.1, 0.15) is 51.9 Å². The van der Waals surface area contributed by atoms with Crippen molar-refractivity contribution >= 4 is 17.5 Å². The Labute approximate surface area is 181 Å². The molecule has 3 N–H and O–H groups in total. The molecule has 1 unspecified atom stereocenters. The van der Waals surface area contributed by atoms with Gasteiger partial charge in [-0.1, -0.05) is 26.2 Å². The van der Waals surface area contributed by atoms with Gasteiger partial charge in [0.05, 0.1) is 5.92 Å². The first-order valence-corrected chi connectivity index (χ1v) is 10.7. The smallest absolute Gasteiger partial charge is 0.406 e. The topological polar surface area (TPSA) is 84.7 Å². The van der Waals surface area contributed by atoms with E-state index in [9.17, 15) is 22.8 Å². The molecule has 1 saturated carbocycles. The van der Waals surface area contributed by atoms with Gasteiger partial charge in [-0.3, -0.25) is 9.59 Å². The molecule has 174 valence electrons. The van der Waals surface area contributed by atoms with Gasteiger partial charge in [-0.15, -0.1) is 13.2 Å². The number of ether oxygens (including phenoxy) is 1. The van der Waals surface area contributed by atoms with Crippen molar-refractivity contribution < 1.29 is 27.5 Å². The lowest BCUT2D eigenvalue weighted by molar-refractivity contribution is -0.274. The third-order valence-corrected chi connectivity index (χ3v) is 5.81. The van der Waals surface area contributed by atoms with Crippen molar-refractivity contribution in [2.75, 3.05) is 18.9 Å². The van der Waals surface area contributed by atoms with E-state index >= 15 is 0 Å². The number of hydrogen-bond donors (Lipinski definition) is 2. The molecule has 0 radical (unpaired) electrons. The van der Waals surface area contributed by atoms with Gasteiger partial charge in [0.25, 0.3) is 0 Å². The zero-order valence-corrected chi connectivity index (χ0v) is 18.1. The summed E-state index contributed by atoms with van der Waals surface area (Å²) in [4.78, 5) is 26.7. The molecule has 31 heavy (non-hydrogen) atoms. The first-order chi connectivity index (χ1) is 14.6. The van der Waals surface area contributed by atoms with Crippen LogP contribution in [-0.4, -0.2) is 42.7 Å². The fourth-order valence-electron chi connectivity index (χ4n) is 3.90. The summed E-state index contributed by atoms with van der Waals surface area (Å²) in [7, 11) is 1.78. The third-order valence-electron chi connectivity index (χ3n) is 5.81. The Morgan fingerprint density at radius 1 is 1.23 bits per heavy atom. The summed E-state index contributed by atoms with van der Waals surface area (Å²) in [6.07, 6.45) is 0.780. The normalized spacial score (nSPS) is 20.1. The Morgan fingerprint density at radius 2 is 1.87 bits per heavy atom. The summed E-state index contributed by atoms with van der Waals surface area (Å²) in [5.41, 5.74) is 6.51. The van der Waals surface area contributed by atoms with Crippen LogP contribution >= 0.6 is 0 Å². The van der Waals surface area contributed by atoms with E-state index in [0.29, 0.717) is 18.7 Å². The van der Waals surface area contributed by atoms with Gasteiger partial charge in [0.2, 0.25) is 11.8 Å². The Hall–Kier alpha value is -2.29. The lowest BCUT2D eigenvalue weighted by atomic mass is 9.84. The maximum Gasteiger partial charge on any atom is 0.573 e. The van der Waals surface area contributed by atoms with Crippen molar-refractivity contribution in [1.29, 1.82) is 0 Å². The van der Waals surface area contributed by atoms with Gasteiger partial charge in [-0.05, 0) is 49.4 Å². The van der Waals surface area contributed by atoms with E-state index in [1.54, 1.807) is 11.9 Å². The van der Waals surface area contributed by atoms with Crippen LogP contribution < -0.4 is 15.8 Å². The molecule has 0 aromatic heterocycles. The van der Waals surface area contributed by atoms with Crippen molar-refractivity contribution in [3.8, 4) is 5.75 Å². The van der Waals surface area contributed by atoms with E-state index in [1.165, 1.54) is 12.1 Å². The second-order valence-corrected chi connectivity index (χ2v) is 8.20. The Balaban J connectivity index is 1.79. The number of halogens is 3. The summed E-state index contributed by atoms with van der Waals surface area (Å²) in [6.45, 7) is 2.54. The molecule has 0 bridgehead atoms. The lowest BCUT2D eigenvalue weighted by Gasteiger charge is -2.31. The highest BCUT2D eigenvalue weighted by molar-refractivity contribution is 5.90. The van der Waals surface area contributed by atoms with Gasteiger partial charge in [0.15, 0.2) is 0 Å². The highest BCUT2D eigenvalue weighted by Gasteiger charge is 2.31. The zero-order chi connectivity index (χ0) is 23.0. The van der Waals surface area contributed by atoms with Gasteiger partial charge >= 0.3 is 6.36 Å². The summed E-state index contributed by atoms with van der Waals surface area (Å²) in [5.74, 6) is -0.524. The number of nitrogens with two attached hydrogens (primary N) is 1. The van der Waals surface area contributed by atoms with Crippen molar-refractivity contribution in [1.82, 2.24) is 4.90 Å². The summed E-state index contributed by atoms with van der Waals surface area (Å²) in [5, 5.41) is 2.69. The monoisotopic (exact) mass is 443 g/mol. The van der Waals surface area contributed by atoms with Crippen LogP contribution in [0.2, 0.25) is 0 Å². The molecule has 0 aliphatic heterocycles. The first kappa shape index (κ1) is 25.0. The molecule has 6 nitrogen and oxygen atoms in total. The number of nitrogens with zero attached hydrogens (tertiary/aromatic N) is 1. The minimum absolute atomic E-state index is 0.0765. The van der Waals surface area contributed by atoms with Crippen LogP contribution in [0, 0.1) is 11.8 Å². The summed E-state index contributed by atoms with van der Waals surface area (Å²) < 4.78 is 40.5. The van der Waals surface area contributed by atoms with Crippen molar-refractivity contribution in [2.24, 2.45) is 17.6 Å². The average molecular weight is 444 g/mol. The predicted octanol–water partition coefficient (Wildman–Crippen LogP) is 4.31. The minimum atomic E-state index is -4.75. The van der Waals surface area contributed by atoms with E-state index in [4.69, 9.17) is 5.73 Å². The summed E-state index contributed by atoms with van der Waals surface area (Å²) in [6, 6.07) is 4.94. The molecule has 1 aromatic carbocycles. The number of rotatable bonds is 9. The number of benzene rings is 1. The van der Waals surface area contributed by atoms with E-state index < -0.39 is 6.36 Å². The second kappa shape index (κ2) is 11.4. The van der Waals surface area contributed by atoms with Crippen LogP contribution in [0.3, 0.4) is 0 Å². The zero-order valence-electron chi connectivity index (χ0n) is 18.1. The molecule has 3 atom stereocenters. The van der Waals surface area contributed by atoms with E-state index in [0.717, 1.165) is 44.2 Å². The number of amides is 2. The molecule has 9 heteroatoms. The molecule has 1 fully saturated rings. The predicted molar refractivity (Wildman–Crippen MR) is 112 cm³/mol. The molecular weight excluding hydrogens is 411 g/mol. The molecule has 1 aromatic rings. The van der Waals surface area contributed by atoms with Crippen LogP contribution in [0.4, 0.5) is 18.9 Å². The van der Waals surface area contributed by atoms with Gasteiger partial charge in [-0.2, -0.15) is 0 Å². The van der Waals surface area contributed by atoms with Gasteiger partial charge < -0.3 is 20.7 Å². The molecule has 2 rings (SSSR count). The number of hydrogen-bond acceptors (Lipinski definition) is 4. The van der Waals surface area contributed by atoms with Crippen molar-refractivity contribution in [3.63, 3.8) is 0 Å². The molecule has 0 heterocycles. The van der Waals surface area contributed by atoms with Crippen LogP contribution in [0.5, 0.6) is 5.75 Å². The Bertz CT molecular complexity index is 725. The number of carbonyl (C=O) groups excluding carboxylic acids is 2. The molecule has 0 saturated heterocycles. The number of alkyl halides is 3. The van der Waals surface area contributed by atoms with Gasteiger partial charge in [-0.25, -0.2) is 0 Å². The van der Waals surface area contributed by atoms with Gasteiger partial charge in [0, 0.05) is 31.7 Å². The Morgan fingerprint density at radius 3 is 2.45 bits per heavy atom. The SMILES string of the molecule is CCC(CCN(C)C(=O)[C@H]1CCCC[C@@H]1N)CC(=O)Nc1ccc(OC(F)(F)F)cc1. The lowest BCUT2D eigenvalue weighted by Crippen LogP contribution is -2.44. The highest BCUT2D eigenvalue weighted by atomic mass is 19.4. The van der Waals surface area contributed by atoms with E-state index in [2.05, 4.69) is 10.1 Å². The first-order valence-electron chi connectivity index (χ1n) is 10.7. The van der Waals surface area contributed by atoms with Gasteiger partial charge in [0.1, 0.15) is 5.75 Å². The number of anilines is 1. The quantitative estimate of drug-likeness (QED) is 0.596. The fraction of sp³-hybridized carbons (Fsp3) is 0.636. The molecule has 2 amide bonds. The number of carbonyl (C=O) groups is 2. The summed E-state index contributed by atoms with van der Waals surface area (Å²) >= 11 is 0. The molecule has 1 aliphatic carbocycles. The maximum atomic E-state index is 12.7. The van der Waals surface area contributed by atoms with E-state index in [-0.39, 0.29) is 41.9 Å². The minimum Gasteiger partial charge on any atom is -0.406 e. The van der Waals surface area contributed by atoms with Crippen LogP contribution in [-0.2, 0) is 9.59 Å². The van der Waals surface area contributed by atoms with Crippen molar-refractivity contribution in [2.45, 2.75) is 64.3 Å². The Kier molecular flexibility index (Phi) is 9.15. The maximum absolute atomic E-state index is 12.7. The fourth-order valence-corrected chi connectivity index (χ4v) is 3.90. The largest absolute Gasteiger partial charge is 0.573 e. The molecule has 1 aliphatic rings.